The molecule has 0 radical (unpaired) electrons. The van der Waals surface area contributed by atoms with Crippen molar-refractivity contribution in [2.24, 2.45) is 27.2 Å². The fourth-order valence-electron chi connectivity index (χ4n) is 1.26. The maximum atomic E-state index is 5.47. The molecule has 0 fully saturated rings. The SMILES string of the molecule is COc1ccc(CCN=C(N)N=C(N)N)cc1.Cl. The van der Waals surface area contributed by atoms with Gasteiger partial charge in [-0.1, -0.05) is 12.1 Å². The Labute approximate surface area is 112 Å². The summed E-state index contributed by atoms with van der Waals surface area (Å²) in [5.41, 5.74) is 16.9. The number of aliphatic imine (C=N–C) groups is 2. The molecule has 0 unspecified atom stereocenters. The van der Waals surface area contributed by atoms with E-state index >= 15 is 0 Å². The van der Waals surface area contributed by atoms with E-state index in [0.717, 1.165) is 17.7 Å². The van der Waals surface area contributed by atoms with Crippen LogP contribution in [0.1, 0.15) is 5.56 Å². The molecule has 0 heterocycles. The van der Waals surface area contributed by atoms with E-state index in [9.17, 15) is 0 Å². The summed E-state index contributed by atoms with van der Waals surface area (Å²) in [4.78, 5) is 7.63. The Morgan fingerprint density at radius 2 is 1.78 bits per heavy atom. The third-order valence-electron chi connectivity index (χ3n) is 2.08. The van der Waals surface area contributed by atoms with E-state index in [1.54, 1.807) is 7.11 Å². The molecular formula is C11H18ClN5O. The van der Waals surface area contributed by atoms with E-state index in [1.165, 1.54) is 0 Å². The molecule has 0 saturated heterocycles. The number of halogens is 1. The Hall–Kier alpha value is -1.95. The van der Waals surface area contributed by atoms with Gasteiger partial charge < -0.3 is 21.9 Å². The second kappa shape index (κ2) is 8.19. The fourth-order valence-corrected chi connectivity index (χ4v) is 1.26. The molecule has 0 aromatic heterocycles. The third kappa shape index (κ3) is 5.95. The van der Waals surface area contributed by atoms with Crippen LogP contribution in [0.15, 0.2) is 34.3 Å². The molecule has 0 atom stereocenters. The summed E-state index contributed by atoms with van der Waals surface area (Å²) in [6.45, 7) is 0.537. The predicted octanol–water partition coefficient (Wildman–Crippen LogP) is 0.248. The Kier molecular flexibility index (Phi) is 7.30. The number of nitrogens with two attached hydrogens (primary N) is 3. The highest BCUT2D eigenvalue weighted by Crippen LogP contribution is 2.11. The fraction of sp³-hybridized carbons (Fsp3) is 0.273. The van der Waals surface area contributed by atoms with Gasteiger partial charge in [0.2, 0.25) is 5.96 Å². The van der Waals surface area contributed by atoms with Crippen molar-refractivity contribution >= 4 is 24.3 Å². The molecule has 0 bridgehead atoms. The van der Waals surface area contributed by atoms with Crippen molar-refractivity contribution in [1.29, 1.82) is 0 Å². The van der Waals surface area contributed by atoms with Crippen LogP contribution in [0.25, 0.3) is 0 Å². The van der Waals surface area contributed by atoms with Gasteiger partial charge in [0.25, 0.3) is 0 Å². The minimum atomic E-state index is -0.0873. The van der Waals surface area contributed by atoms with Crippen LogP contribution in [0.5, 0.6) is 5.75 Å². The number of hydrogen-bond acceptors (Lipinski definition) is 2. The summed E-state index contributed by atoms with van der Waals surface area (Å²) in [5.74, 6) is 0.839. The van der Waals surface area contributed by atoms with Crippen molar-refractivity contribution in [3.63, 3.8) is 0 Å². The predicted molar refractivity (Wildman–Crippen MR) is 76.2 cm³/mol. The second-order valence-electron chi connectivity index (χ2n) is 3.37. The van der Waals surface area contributed by atoms with Gasteiger partial charge in [-0.25, -0.2) is 0 Å². The van der Waals surface area contributed by atoms with Crippen LogP contribution in [0, 0.1) is 0 Å². The Morgan fingerprint density at radius 3 is 2.28 bits per heavy atom. The van der Waals surface area contributed by atoms with Gasteiger partial charge in [-0.15, -0.1) is 12.4 Å². The van der Waals surface area contributed by atoms with Crippen LogP contribution < -0.4 is 21.9 Å². The first kappa shape index (κ1) is 16.1. The maximum absolute atomic E-state index is 5.47. The molecule has 0 aliphatic rings. The van der Waals surface area contributed by atoms with Crippen LogP contribution >= 0.6 is 12.4 Å². The van der Waals surface area contributed by atoms with Gasteiger partial charge in [-0.05, 0) is 24.1 Å². The van der Waals surface area contributed by atoms with Crippen molar-refractivity contribution < 1.29 is 4.74 Å². The maximum Gasteiger partial charge on any atom is 0.218 e. The molecule has 1 aromatic carbocycles. The number of benzene rings is 1. The summed E-state index contributed by atoms with van der Waals surface area (Å²) >= 11 is 0. The van der Waals surface area contributed by atoms with Gasteiger partial charge >= 0.3 is 0 Å². The summed E-state index contributed by atoms with van der Waals surface area (Å²) in [6, 6.07) is 7.76. The number of rotatable bonds is 4. The van der Waals surface area contributed by atoms with E-state index < -0.39 is 0 Å². The first-order valence-electron chi connectivity index (χ1n) is 5.14. The zero-order valence-electron chi connectivity index (χ0n) is 10.2. The summed E-state index contributed by atoms with van der Waals surface area (Å²) < 4.78 is 5.06. The molecule has 100 valence electrons. The normalized spacial score (nSPS) is 10.4. The number of ether oxygens (including phenoxy) is 1. The Morgan fingerprint density at radius 1 is 1.17 bits per heavy atom. The lowest BCUT2D eigenvalue weighted by Gasteiger charge is -2.01. The van der Waals surface area contributed by atoms with Crippen LogP contribution in [0.4, 0.5) is 0 Å². The first-order valence-corrected chi connectivity index (χ1v) is 5.14. The summed E-state index contributed by atoms with van der Waals surface area (Å²) in [7, 11) is 1.63. The molecule has 7 heteroatoms. The van der Waals surface area contributed by atoms with Gasteiger partial charge in [0, 0.05) is 6.54 Å². The van der Waals surface area contributed by atoms with Crippen LogP contribution in [-0.2, 0) is 6.42 Å². The Balaban J connectivity index is 0.00000289. The van der Waals surface area contributed by atoms with Crippen molar-refractivity contribution in [1.82, 2.24) is 0 Å². The largest absolute Gasteiger partial charge is 0.497 e. The molecule has 6 nitrogen and oxygen atoms in total. The van der Waals surface area contributed by atoms with Gasteiger partial charge in [0.05, 0.1) is 7.11 Å². The smallest absolute Gasteiger partial charge is 0.218 e. The highest BCUT2D eigenvalue weighted by atomic mass is 35.5. The van der Waals surface area contributed by atoms with Crippen LogP contribution in [-0.4, -0.2) is 25.6 Å². The standard InChI is InChI=1S/C11H17N5O.ClH/c1-17-9-4-2-8(3-5-9)6-7-15-11(14)16-10(12)13;/h2-5H,6-7H2,1H3,(H6,12,13,14,15,16);1H. The van der Waals surface area contributed by atoms with Gasteiger partial charge in [0.1, 0.15) is 5.75 Å². The summed E-state index contributed by atoms with van der Waals surface area (Å²) in [5, 5.41) is 0. The molecule has 0 amide bonds. The lowest BCUT2D eigenvalue weighted by atomic mass is 10.1. The monoisotopic (exact) mass is 271 g/mol. The lowest BCUT2D eigenvalue weighted by Crippen LogP contribution is -2.26. The highest BCUT2D eigenvalue weighted by Gasteiger charge is 1.94. The van der Waals surface area contributed by atoms with E-state index in [2.05, 4.69) is 9.98 Å². The second-order valence-corrected chi connectivity index (χ2v) is 3.37. The van der Waals surface area contributed by atoms with Gasteiger partial charge in [0.15, 0.2) is 5.96 Å². The molecule has 18 heavy (non-hydrogen) atoms. The zero-order valence-corrected chi connectivity index (χ0v) is 11.0. The highest BCUT2D eigenvalue weighted by molar-refractivity contribution is 5.92. The van der Waals surface area contributed by atoms with E-state index in [1.807, 2.05) is 24.3 Å². The molecule has 6 N–H and O–H groups in total. The van der Waals surface area contributed by atoms with Crippen molar-refractivity contribution in [3.05, 3.63) is 29.8 Å². The minimum Gasteiger partial charge on any atom is -0.497 e. The number of hydrogen-bond donors (Lipinski definition) is 3. The lowest BCUT2D eigenvalue weighted by molar-refractivity contribution is 0.414. The van der Waals surface area contributed by atoms with Gasteiger partial charge in [-0.2, -0.15) is 4.99 Å². The molecule has 1 rings (SSSR count). The summed E-state index contributed by atoms with van der Waals surface area (Å²) in [6.07, 6.45) is 0.769. The quantitative estimate of drug-likeness (QED) is 0.538. The Bertz CT molecular complexity index is 412. The first-order chi connectivity index (χ1) is 8.11. The van der Waals surface area contributed by atoms with Crippen molar-refractivity contribution in [3.8, 4) is 5.75 Å². The molecule has 0 saturated carbocycles. The molecule has 1 aromatic rings. The average molecular weight is 272 g/mol. The molecular weight excluding hydrogens is 254 g/mol. The van der Waals surface area contributed by atoms with Crippen LogP contribution in [0.2, 0.25) is 0 Å². The number of nitrogens with zero attached hydrogens (tertiary/aromatic N) is 2. The van der Waals surface area contributed by atoms with Crippen molar-refractivity contribution in [2.45, 2.75) is 6.42 Å². The van der Waals surface area contributed by atoms with E-state index in [4.69, 9.17) is 21.9 Å². The van der Waals surface area contributed by atoms with Crippen LogP contribution in [0.3, 0.4) is 0 Å². The average Bonchev–Trinajstić information content (AvgIpc) is 2.29. The van der Waals surface area contributed by atoms with Crippen molar-refractivity contribution in [2.75, 3.05) is 13.7 Å². The zero-order chi connectivity index (χ0) is 12.7. The minimum absolute atomic E-state index is 0. The third-order valence-corrected chi connectivity index (χ3v) is 2.08. The van der Waals surface area contributed by atoms with E-state index in [0.29, 0.717) is 6.54 Å². The topological polar surface area (TPSA) is 112 Å². The molecule has 0 spiro atoms. The molecule has 0 aliphatic carbocycles. The molecule has 0 aliphatic heterocycles. The van der Waals surface area contributed by atoms with Gasteiger partial charge in [-0.3, -0.25) is 4.99 Å². The number of guanidine groups is 2. The number of methoxy groups -OCH3 is 1. The van der Waals surface area contributed by atoms with E-state index in [-0.39, 0.29) is 24.3 Å².